The van der Waals surface area contributed by atoms with Crippen LogP contribution in [0.1, 0.15) is 17.0 Å². The highest BCUT2D eigenvalue weighted by molar-refractivity contribution is 5.41. The van der Waals surface area contributed by atoms with E-state index >= 15 is 0 Å². The number of benzene rings is 1. The van der Waals surface area contributed by atoms with Gasteiger partial charge in [-0.05, 0) is 24.1 Å². The lowest BCUT2D eigenvalue weighted by Crippen LogP contribution is -2.05. The minimum absolute atomic E-state index is 0.749. The van der Waals surface area contributed by atoms with E-state index < -0.39 is 0 Å². The van der Waals surface area contributed by atoms with E-state index in [4.69, 9.17) is 4.74 Å². The molecule has 0 unspecified atom stereocenters. The van der Waals surface area contributed by atoms with Gasteiger partial charge in [0.25, 0.3) is 0 Å². The fourth-order valence-corrected chi connectivity index (χ4v) is 2.20. The Bertz CT molecular complexity index is 576. The lowest BCUT2D eigenvalue weighted by Gasteiger charge is -2.06. The Kier molecular flexibility index (Phi) is 2.66. The van der Waals surface area contributed by atoms with Crippen LogP contribution in [0.15, 0.2) is 18.2 Å². The first-order valence-corrected chi connectivity index (χ1v) is 6.08. The second-order valence-corrected chi connectivity index (χ2v) is 4.50. The highest BCUT2D eigenvalue weighted by Gasteiger charge is 2.12. The molecule has 5 heteroatoms. The Balaban J connectivity index is 1.72. The third-order valence-electron chi connectivity index (χ3n) is 3.07. The fourth-order valence-electron chi connectivity index (χ4n) is 2.20. The highest BCUT2D eigenvalue weighted by Crippen LogP contribution is 2.26. The molecule has 1 N–H and O–H groups in total. The Morgan fingerprint density at radius 3 is 3.11 bits per heavy atom. The summed E-state index contributed by atoms with van der Waals surface area (Å²) >= 11 is 0. The summed E-state index contributed by atoms with van der Waals surface area (Å²) < 4.78 is 7.25. The molecule has 1 aromatic heterocycles. The van der Waals surface area contributed by atoms with Gasteiger partial charge in [0.1, 0.15) is 11.6 Å². The van der Waals surface area contributed by atoms with Crippen LogP contribution in [0, 0.1) is 6.92 Å². The second-order valence-electron chi connectivity index (χ2n) is 4.50. The van der Waals surface area contributed by atoms with Gasteiger partial charge in [0.05, 0.1) is 6.61 Å². The SMILES string of the molecule is Cc1nc(NCc2ccc3c(c2)CCO3)n(C)n1. The van der Waals surface area contributed by atoms with E-state index in [-0.39, 0.29) is 0 Å². The summed E-state index contributed by atoms with van der Waals surface area (Å²) in [6.45, 7) is 3.44. The molecule has 0 aliphatic carbocycles. The normalized spacial score (nSPS) is 13.2. The van der Waals surface area contributed by atoms with Crippen LogP contribution in [0.4, 0.5) is 5.95 Å². The number of aromatic nitrogens is 3. The van der Waals surface area contributed by atoms with Crippen LogP contribution in [-0.4, -0.2) is 21.4 Å². The van der Waals surface area contributed by atoms with Crippen molar-refractivity contribution in [2.45, 2.75) is 19.9 Å². The van der Waals surface area contributed by atoms with Gasteiger partial charge in [-0.3, -0.25) is 0 Å². The summed E-state index contributed by atoms with van der Waals surface area (Å²) in [6.07, 6.45) is 1.01. The number of nitrogens with one attached hydrogen (secondary N) is 1. The van der Waals surface area contributed by atoms with Gasteiger partial charge >= 0.3 is 0 Å². The van der Waals surface area contributed by atoms with Crippen LogP contribution < -0.4 is 10.1 Å². The molecule has 5 nitrogen and oxygen atoms in total. The number of rotatable bonds is 3. The van der Waals surface area contributed by atoms with E-state index in [2.05, 4.69) is 27.5 Å². The van der Waals surface area contributed by atoms with Gasteiger partial charge in [-0.2, -0.15) is 10.1 Å². The number of ether oxygens (including phenoxy) is 1. The maximum Gasteiger partial charge on any atom is 0.221 e. The Morgan fingerprint density at radius 1 is 1.44 bits per heavy atom. The van der Waals surface area contributed by atoms with Crippen LogP contribution in [0.5, 0.6) is 5.75 Å². The molecular formula is C13H16N4O. The third-order valence-corrected chi connectivity index (χ3v) is 3.07. The summed E-state index contributed by atoms with van der Waals surface area (Å²) in [6, 6.07) is 6.32. The van der Waals surface area contributed by atoms with Gasteiger partial charge < -0.3 is 10.1 Å². The Morgan fingerprint density at radius 2 is 2.33 bits per heavy atom. The summed E-state index contributed by atoms with van der Waals surface area (Å²) in [5.41, 5.74) is 2.53. The molecule has 1 aliphatic heterocycles. The smallest absolute Gasteiger partial charge is 0.221 e. The summed E-state index contributed by atoms with van der Waals surface area (Å²) in [7, 11) is 1.89. The van der Waals surface area contributed by atoms with Crippen LogP contribution >= 0.6 is 0 Å². The van der Waals surface area contributed by atoms with Crippen molar-refractivity contribution in [3.63, 3.8) is 0 Å². The molecule has 1 aliphatic rings. The van der Waals surface area contributed by atoms with E-state index in [0.717, 1.165) is 37.1 Å². The van der Waals surface area contributed by atoms with Crippen molar-refractivity contribution in [1.29, 1.82) is 0 Å². The van der Waals surface area contributed by atoms with Crippen molar-refractivity contribution in [2.24, 2.45) is 7.05 Å². The van der Waals surface area contributed by atoms with E-state index in [1.807, 2.05) is 20.0 Å². The molecule has 2 heterocycles. The average Bonchev–Trinajstić information content (AvgIpc) is 2.92. The zero-order chi connectivity index (χ0) is 12.5. The number of hydrogen-bond acceptors (Lipinski definition) is 4. The first kappa shape index (κ1) is 11.1. The predicted molar refractivity (Wildman–Crippen MR) is 68.7 cm³/mol. The molecule has 0 amide bonds. The molecule has 0 spiro atoms. The summed E-state index contributed by atoms with van der Waals surface area (Å²) in [5.74, 6) is 2.60. The molecule has 0 saturated heterocycles. The predicted octanol–water partition coefficient (Wildman–Crippen LogP) is 1.67. The molecule has 2 aromatic rings. The van der Waals surface area contributed by atoms with Crippen molar-refractivity contribution in [1.82, 2.24) is 14.8 Å². The van der Waals surface area contributed by atoms with Gasteiger partial charge in [0, 0.05) is 20.0 Å². The second kappa shape index (κ2) is 4.33. The van der Waals surface area contributed by atoms with Crippen molar-refractivity contribution in [3.8, 4) is 5.75 Å². The molecule has 0 saturated carbocycles. The first-order chi connectivity index (χ1) is 8.72. The third kappa shape index (κ3) is 2.03. The first-order valence-electron chi connectivity index (χ1n) is 6.08. The van der Waals surface area contributed by atoms with Crippen LogP contribution in [0.2, 0.25) is 0 Å². The summed E-state index contributed by atoms with van der Waals surface area (Å²) in [4.78, 5) is 4.31. The van der Waals surface area contributed by atoms with Gasteiger partial charge in [0.2, 0.25) is 5.95 Å². The van der Waals surface area contributed by atoms with E-state index in [1.54, 1.807) is 4.68 Å². The van der Waals surface area contributed by atoms with Crippen molar-refractivity contribution < 1.29 is 4.74 Å². The maximum atomic E-state index is 5.49. The van der Waals surface area contributed by atoms with E-state index in [9.17, 15) is 0 Å². The van der Waals surface area contributed by atoms with E-state index in [0.29, 0.717) is 0 Å². The Hall–Kier alpha value is -2.04. The molecule has 0 bridgehead atoms. The zero-order valence-corrected chi connectivity index (χ0v) is 10.6. The largest absolute Gasteiger partial charge is 0.493 e. The number of aryl methyl sites for hydroxylation is 2. The van der Waals surface area contributed by atoms with Gasteiger partial charge in [-0.1, -0.05) is 12.1 Å². The number of nitrogens with zero attached hydrogens (tertiary/aromatic N) is 3. The molecule has 0 atom stereocenters. The molecule has 0 radical (unpaired) electrons. The molecule has 1 aromatic carbocycles. The van der Waals surface area contributed by atoms with Gasteiger partial charge in [-0.25, -0.2) is 4.68 Å². The van der Waals surface area contributed by atoms with Crippen molar-refractivity contribution in [3.05, 3.63) is 35.2 Å². The number of anilines is 1. The topological polar surface area (TPSA) is 52.0 Å². The average molecular weight is 244 g/mol. The van der Waals surface area contributed by atoms with Crippen molar-refractivity contribution >= 4 is 5.95 Å². The lowest BCUT2D eigenvalue weighted by molar-refractivity contribution is 0.357. The number of hydrogen-bond donors (Lipinski definition) is 1. The van der Waals surface area contributed by atoms with Gasteiger partial charge in [0.15, 0.2) is 0 Å². The van der Waals surface area contributed by atoms with E-state index in [1.165, 1.54) is 11.1 Å². The molecule has 18 heavy (non-hydrogen) atoms. The molecular weight excluding hydrogens is 228 g/mol. The molecule has 3 rings (SSSR count). The number of fused-ring (bicyclic) bond motifs is 1. The quantitative estimate of drug-likeness (QED) is 0.892. The monoisotopic (exact) mass is 244 g/mol. The lowest BCUT2D eigenvalue weighted by atomic mass is 10.1. The standard InChI is InChI=1S/C13H16N4O/c1-9-15-13(17(2)16-9)14-8-10-3-4-12-11(7-10)5-6-18-12/h3-4,7H,5-6,8H2,1-2H3,(H,14,15,16). The maximum absolute atomic E-state index is 5.49. The molecule has 0 fully saturated rings. The summed E-state index contributed by atoms with van der Waals surface area (Å²) in [5, 5.41) is 7.49. The van der Waals surface area contributed by atoms with Crippen LogP contribution in [-0.2, 0) is 20.0 Å². The fraction of sp³-hybridized carbons (Fsp3) is 0.385. The van der Waals surface area contributed by atoms with Gasteiger partial charge in [-0.15, -0.1) is 0 Å². The van der Waals surface area contributed by atoms with Crippen LogP contribution in [0.3, 0.4) is 0 Å². The minimum Gasteiger partial charge on any atom is -0.493 e. The highest BCUT2D eigenvalue weighted by atomic mass is 16.5. The zero-order valence-electron chi connectivity index (χ0n) is 10.6. The van der Waals surface area contributed by atoms with Crippen LogP contribution in [0.25, 0.3) is 0 Å². The Labute approximate surface area is 106 Å². The molecule has 94 valence electrons. The minimum atomic E-state index is 0.749. The van der Waals surface area contributed by atoms with Crippen molar-refractivity contribution in [2.75, 3.05) is 11.9 Å².